The van der Waals surface area contributed by atoms with Gasteiger partial charge >= 0.3 is 5.97 Å². The second-order valence-corrected chi connectivity index (χ2v) is 4.60. The normalized spacial score (nSPS) is 9.95. The molecule has 2 rings (SSSR count). The van der Waals surface area contributed by atoms with Crippen molar-refractivity contribution in [2.75, 3.05) is 19.5 Å². The lowest BCUT2D eigenvalue weighted by molar-refractivity contribution is 0.0593. The number of hydrogen-bond donors (Lipinski definition) is 1. The smallest absolute Gasteiger partial charge is 0.358 e. The Bertz CT molecular complexity index is 617. The fourth-order valence-corrected chi connectivity index (χ4v) is 1.81. The van der Waals surface area contributed by atoms with Gasteiger partial charge in [-0.3, -0.25) is 0 Å². The monoisotopic (exact) mass is 337 g/mol. The zero-order valence-electron chi connectivity index (χ0n) is 10.9. The van der Waals surface area contributed by atoms with E-state index in [2.05, 4.69) is 36.0 Å². The molecule has 7 heteroatoms. The van der Waals surface area contributed by atoms with Crippen molar-refractivity contribution in [2.45, 2.75) is 0 Å². The predicted molar refractivity (Wildman–Crippen MR) is 77.3 cm³/mol. The molecule has 20 heavy (non-hydrogen) atoms. The summed E-state index contributed by atoms with van der Waals surface area (Å²) in [6, 6.07) is 5.51. The van der Waals surface area contributed by atoms with E-state index in [1.54, 1.807) is 7.11 Å². The summed E-state index contributed by atoms with van der Waals surface area (Å²) < 4.78 is 10.6. The number of aromatic nitrogens is 2. The minimum atomic E-state index is -0.522. The van der Waals surface area contributed by atoms with E-state index < -0.39 is 5.97 Å². The average Bonchev–Trinajstić information content (AvgIpc) is 2.49. The molecule has 0 bridgehead atoms. The van der Waals surface area contributed by atoms with Gasteiger partial charge in [-0.15, -0.1) is 0 Å². The molecule has 1 aromatic carbocycles. The van der Waals surface area contributed by atoms with Gasteiger partial charge in [0.05, 0.1) is 32.3 Å². The van der Waals surface area contributed by atoms with Crippen molar-refractivity contribution in [3.63, 3.8) is 0 Å². The zero-order chi connectivity index (χ0) is 14.5. The fourth-order valence-electron chi connectivity index (χ4n) is 1.47. The lowest BCUT2D eigenvalue weighted by Gasteiger charge is -2.09. The second kappa shape index (κ2) is 6.33. The molecular weight excluding hydrogens is 326 g/mol. The minimum Gasteiger partial charge on any atom is -0.497 e. The van der Waals surface area contributed by atoms with Gasteiger partial charge in [0.15, 0.2) is 5.69 Å². The molecule has 0 atom stereocenters. The number of carbonyl (C=O) groups is 1. The van der Waals surface area contributed by atoms with Crippen LogP contribution >= 0.6 is 15.9 Å². The van der Waals surface area contributed by atoms with Crippen LogP contribution in [0.3, 0.4) is 0 Å². The number of rotatable bonds is 4. The molecular formula is C13H12BrN3O3. The molecule has 1 N–H and O–H groups in total. The largest absolute Gasteiger partial charge is 0.497 e. The van der Waals surface area contributed by atoms with Gasteiger partial charge in [0.25, 0.3) is 0 Å². The van der Waals surface area contributed by atoms with Crippen molar-refractivity contribution in [1.82, 2.24) is 9.97 Å². The summed E-state index contributed by atoms with van der Waals surface area (Å²) in [6.45, 7) is 0. The van der Waals surface area contributed by atoms with Gasteiger partial charge in [-0.1, -0.05) is 0 Å². The first kappa shape index (κ1) is 14.3. The first-order valence-electron chi connectivity index (χ1n) is 5.65. The van der Waals surface area contributed by atoms with Crippen molar-refractivity contribution < 1.29 is 14.3 Å². The summed E-state index contributed by atoms with van der Waals surface area (Å²) >= 11 is 3.43. The van der Waals surface area contributed by atoms with Gasteiger partial charge in [-0.05, 0) is 28.1 Å². The van der Waals surface area contributed by atoms with E-state index in [1.165, 1.54) is 19.5 Å². The maximum Gasteiger partial charge on any atom is 0.358 e. The number of carbonyl (C=O) groups excluding carboxylic acids is 1. The Morgan fingerprint density at radius 3 is 2.65 bits per heavy atom. The summed E-state index contributed by atoms with van der Waals surface area (Å²) in [4.78, 5) is 19.3. The van der Waals surface area contributed by atoms with E-state index in [1.807, 2.05) is 18.2 Å². The number of halogens is 1. The topological polar surface area (TPSA) is 73.3 Å². The highest BCUT2D eigenvalue weighted by molar-refractivity contribution is 9.10. The van der Waals surface area contributed by atoms with Gasteiger partial charge < -0.3 is 14.8 Å². The van der Waals surface area contributed by atoms with Crippen LogP contribution in [0.25, 0.3) is 0 Å². The standard InChI is InChI=1S/C13H12BrN3O3/c1-19-8-3-4-9(14)10(5-8)17-12-7-15-11(6-16-12)13(18)20-2/h3-7H,1-2H3,(H,16,17). The summed E-state index contributed by atoms with van der Waals surface area (Å²) in [5.74, 6) is 0.702. The van der Waals surface area contributed by atoms with Crippen LogP contribution in [0.4, 0.5) is 11.5 Å². The van der Waals surface area contributed by atoms with Gasteiger partial charge in [-0.25, -0.2) is 14.8 Å². The van der Waals surface area contributed by atoms with Gasteiger partial charge in [0.2, 0.25) is 0 Å². The molecule has 0 spiro atoms. The van der Waals surface area contributed by atoms with Gasteiger partial charge in [0.1, 0.15) is 11.6 Å². The quantitative estimate of drug-likeness (QED) is 0.865. The van der Waals surface area contributed by atoms with Crippen molar-refractivity contribution in [1.29, 1.82) is 0 Å². The number of ether oxygens (including phenoxy) is 2. The van der Waals surface area contributed by atoms with Crippen LogP contribution in [0.5, 0.6) is 5.75 Å². The summed E-state index contributed by atoms with van der Waals surface area (Å²) in [5, 5.41) is 3.08. The number of nitrogens with zero attached hydrogens (tertiary/aromatic N) is 2. The highest BCUT2D eigenvalue weighted by atomic mass is 79.9. The molecule has 0 radical (unpaired) electrons. The molecule has 104 valence electrons. The van der Waals surface area contributed by atoms with E-state index >= 15 is 0 Å². The van der Waals surface area contributed by atoms with E-state index in [4.69, 9.17) is 4.74 Å². The SMILES string of the molecule is COC(=O)c1cnc(Nc2cc(OC)ccc2Br)cn1. The first-order valence-corrected chi connectivity index (χ1v) is 6.44. The van der Waals surface area contributed by atoms with E-state index in [-0.39, 0.29) is 5.69 Å². The first-order chi connectivity index (χ1) is 9.63. The zero-order valence-corrected chi connectivity index (χ0v) is 12.5. The van der Waals surface area contributed by atoms with Gasteiger partial charge in [-0.2, -0.15) is 0 Å². The number of benzene rings is 1. The van der Waals surface area contributed by atoms with Crippen LogP contribution in [0.1, 0.15) is 10.5 Å². The van der Waals surface area contributed by atoms with Crippen LogP contribution in [-0.4, -0.2) is 30.2 Å². The van der Waals surface area contributed by atoms with Crippen molar-refractivity contribution in [2.24, 2.45) is 0 Å². The van der Waals surface area contributed by atoms with Crippen LogP contribution in [0.2, 0.25) is 0 Å². The third-order valence-corrected chi connectivity index (χ3v) is 3.17. The molecule has 6 nitrogen and oxygen atoms in total. The highest BCUT2D eigenvalue weighted by Gasteiger charge is 2.08. The minimum absolute atomic E-state index is 0.155. The molecule has 2 aromatic rings. The predicted octanol–water partition coefficient (Wildman–Crippen LogP) is 2.78. The third kappa shape index (κ3) is 3.24. The Morgan fingerprint density at radius 1 is 1.25 bits per heavy atom. The Kier molecular flexibility index (Phi) is 4.52. The van der Waals surface area contributed by atoms with Crippen molar-refractivity contribution >= 4 is 33.4 Å². The third-order valence-electron chi connectivity index (χ3n) is 2.48. The molecule has 0 unspecified atom stereocenters. The average molecular weight is 338 g/mol. The summed E-state index contributed by atoms with van der Waals surface area (Å²) in [7, 11) is 2.89. The van der Waals surface area contributed by atoms with E-state index in [9.17, 15) is 4.79 Å². The lowest BCUT2D eigenvalue weighted by atomic mass is 10.3. The Labute approximate surface area is 124 Å². The molecule has 0 aliphatic carbocycles. The molecule has 1 aromatic heterocycles. The highest BCUT2D eigenvalue weighted by Crippen LogP contribution is 2.29. The molecule has 0 saturated carbocycles. The maximum absolute atomic E-state index is 11.3. The number of nitrogens with one attached hydrogen (secondary N) is 1. The molecule has 0 amide bonds. The Balaban J connectivity index is 2.20. The molecule has 0 aliphatic heterocycles. The second-order valence-electron chi connectivity index (χ2n) is 3.75. The summed E-state index contributed by atoms with van der Waals surface area (Å²) in [6.07, 6.45) is 2.81. The van der Waals surface area contributed by atoms with Crippen LogP contribution in [0, 0.1) is 0 Å². The van der Waals surface area contributed by atoms with E-state index in [0.717, 1.165) is 15.9 Å². The molecule has 0 aliphatic rings. The summed E-state index contributed by atoms with van der Waals surface area (Å²) in [5.41, 5.74) is 0.937. The van der Waals surface area contributed by atoms with Gasteiger partial charge in [0, 0.05) is 10.5 Å². The fraction of sp³-hybridized carbons (Fsp3) is 0.154. The van der Waals surface area contributed by atoms with Crippen LogP contribution in [-0.2, 0) is 4.74 Å². The molecule has 0 fully saturated rings. The number of anilines is 2. The molecule has 1 heterocycles. The maximum atomic E-state index is 11.3. The van der Waals surface area contributed by atoms with E-state index in [0.29, 0.717) is 5.82 Å². The van der Waals surface area contributed by atoms with Crippen molar-refractivity contribution in [3.05, 3.63) is 40.8 Å². The number of hydrogen-bond acceptors (Lipinski definition) is 6. The number of esters is 1. The number of methoxy groups -OCH3 is 2. The Hall–Kier alpha value is -2.15. The molecule has 0 saturated heterocycles. The van der Waals surface area contributed by atoms with Crippen LogP contribution < -0.4 is 10.1 Å². The van der Waals surface area contributed by atoms with Crippen LogP contribution in [0.15, 0.2) is 35.1 Å². The Morgan fingerprint density at radius 2 is 2.05 bits per heavy atom. The van der Waals surface area contributed by atoms with Crippen molar-refractivity contribution in [3.8, 4) is 5.75 Å². The lowest BCUT2D eigenvalue weighted by Crippen LogP contribution is -2.05.